The summed E-state index contributed by atoms with van der Waals surface area (Å²) in [6.45, 7) is 1.23. The van der Waals surface area contributed by atoms with Crippen molar-refractivity contribution in [3.05, 3.63) is 105 Å². The number of carbonyl (C=O) groups excluding carboxylic acids is 3. The highest BCUT2D eigenvalue weighted by atomic mass is 16.2. The van der Waals surface area contributed by atoms with Gasteiger partial charge in [0, 0.05) is 29.9 Å². The Morgan fingerprint density at radius 2 is 1.42 bits per heavy atom. The van der Waals surface area contributed by atoms with E-state index in [0.29, 0.717) is 40.7 Å². The first-order valence-corrected chi connectivity index (χ1v) is 12.3. The minimum absolute atomic E-state index is 0.114. The number of unbranched alkanes of at least 4 members (excludes halogenated alkanes) is 1. The number of hydrogen-bond acceptors (Lipinski definition) is 5. The molecule has 194 valence electrons. The molecule has 2 amide bonds. The van der Waals surface area contributed by atoms with Crippen LogP contribution in [0.5, 0.6) is 0 Å². The lowest BCUT2D eigenvalue weighted by molar-refractivity contribution is -0.117. The number of anilines is 2. The van der Waals surface area contributed by atoms with Gasteiger partial charge in [-0.1, -0.05) is 42.5 Å². The molecule has 4 rings (SSSR count). The Balaban J connectivity index is 1.49. The standard InChI is InChI=1S/C29H28N4O5/c1-20(34)21-10-9-13-23(18-21)31-27(36)19-33-25-15-6-5-14-24(25)28(37)32(29(33)38)17-8-7-16-26(35)30-22-11-3-2-4-12-22/h2-6,9-15,18H,7-8,16-17,19H2,1H3,(H,30,35)(H,31,36). The van der Waals surface area contributed by atoms with E-state index in [2.05, 4.69) is 10.6 Å². The molecule has 0 spiro atoms. The Hall–Kier alpha value is -4.79. The third-order valence-corrected chi connectivity index (χ3v) is 6.08. The molecule has 2 N–H and O–H groups in total. The van der Waals surface area contributed by atoms with Crippen molar-refractivity contribution in [1.82, 2.24) is 9.13 Å². The maximum Gasteiger partial charge on any atom is 0.331 e. The van der Waals surface area contributed by atoms with Crippen molar-refractivity contribution in [2.75, 3.05) is 10.6 Å². The summed E-state index contributed by atoms with van der Waals surface area (Å²) in [5, 5.41) is 5.84. The fraction of sp³-hybridized carbons (Fsp3) is 0.207. The third-order valence-electron chi connectivity index (χ3n) is 6.08. The van der Waals surface area contributed by atoms with Gasteiger partial charge in [0.25, 0.3) is 5.56 Å². The highest BCUT2D eigenvalue weighted by Gasteiger charge is 2.16. The topological polar surface area (TPSA) is 119 Å². The zero-order valence-electron chi connectivity index (χ0n) is 21.0. The van der Waals surface area contributed by atoms with Gasteiger partial charge in [0.15, 0.2) is 5.78 Å². The highest BCUT2D eigenvalue weighted by molar-refractivity contribution is 5.97. The van der Waals surface area contributed by atoms with E-state index in [-0.39, 0.29) is 31.2 Å². The zero-order valence-corrected chi connectivity index (χ0v) is 21.0. The molecule has 9 heteroatoms. The number of nitrogens with zero attached hydrogens (tertiary/aromatic N) is 2. The molecule has 38 heavy (non-hydrogen) atoms. The third kappa shape index (κ3) is 6.31. The molecular formula is C29H28N4O5. The van der Waals surface area contributed by atoms with Crippen molar-refractivity contribution in [3.63, 3.8) is 0 Å². The van der Waals surface area contributed by atoms with Gasteiger partial charge < -0.3 is 10.6 Å². The van der Waals surface area contributed by atoms with Crippen LogP contribution in [0.4, 0.5) is 11.4 Å². The number of hydrogen-bond donors (Lipinski definition) is 2. The molecule has 0 aliphatic heterocycles. The molecule has 0 saturated carbocycles. The minimum Gasteiger partial charge on any atom is -0.326 e. The summed E-state index contributed by atoms with van der Waals surface area (Å²) in [5.74, 6) is -0.751. The number of amides is 2. The number of nitrogens with one attached hydrogen (secondary N) is 2. The SMILES string of the molecule is CC(=O)c1cccc(NC(=O)Cn2c(=O)n(CCCCC(=O)Nc3ccccc3)c(=O)c3ccccc32)c1. The summed E-state index contributed by atoms with van der Waals surface area (Å²) in [6, 6.07) is 22.3. The molecule has 0 aliphatic rings. The van der Waals surface area contributed by atoms with Gasteiger partial charge in [-0.2, -0.15) is 0 Å². The Morgan fingerprint density at radius 1 is 0.737 bits per heavy atom. The molecule has 0 aliphatic carbocycles. The highest BCUT2D eigenvalue weighted by Crippen LogP contribution is 2.13. The van der Waals surface area contributed by atoms with Gasteiger partial charge in [-0.3, -0.25) is 28.3 Å². The van der Waals surface area contributed by atoms with E-state index in [1.165, 1.54) is 11.5 Å². The molecule has 0 fully saturated rings. The zero-order chi connectivity index (χ0) is 27.1. The van der Waals surface area contributed by atoms with Crippen LogP contribution in [0.3, 0.4) is 0 Å². The van der Waals surface area contributed by atoms with Crippen LogP contribution in [0, 0.1) is 0 Å². The molecule has 0 atom stereocenters. The van der Waals surface area contributed by atoms with Crippen LogP contribution in [-0.2, 0) is 22.7 Å². The summed E-state index contributed by atoms with van der Waals surface area (Å²) in [6.07, 6.45) is 1.15. The predicted octanol–water partition coefficient (Wildman–Crippen LogP) is 3.81. The van der Waals surface area contributed by atoms with E-state index in [1.54, 1.807) is 60.7 Å². The van der Waals surface area contributed by atoms with E-state index in [9.17, 15) is 24.0 Å². The van der Waals surface area contributed by atoms with E-state index < -0.39 is 17.2 Å². The smallest absolute Gasteiger partial charge is 0.326 e. The van der Waals surface area contributed by atoms with Crippen LogP contribution < -0.4 is 21.9 Å². The lowest BCUT2D eigenvalue weighted by Crippen LogP contribution is -2.41. The maximum absolute atomic E-state index is 13.3. The number of rotatable bonds is 10. The Bertz CT molecular complexity index is 1610. The Labute approximate surface area is 218 Å². The quantitative estimate of drug-likeness (QED) is 0.247. The molecule has 0 unspecified atom stereocenters. The average Bonchev–Trinajstić information content (AvgIpc) is 2.91. The monoisotopic (exact) mass is 512 g/mol. The predicted molar refractivity (Wildman–Crippen MR) is 146 cm³/mol. The van der Waals surface area contributed by atoms with E-state index >= 15 is 0 Å². The van der Waals surface area contributed by atoms with Gasteiger partial charge in [-0.15, -0.1) is 0 Å². The minimum atomic E-state index is -0.602. The number of fused-ring (bicyclic) bond motifs is 1. The van der Waals surface area contributed by atoms with Gasteiger partial charge in [0.2, 0.25) is 11.8 Å². The molecule has 0 bridgehead atoms. The first kappa shape index (κ1) is 26.3. The van der Waals surface area contributed by atoms with Crippen LogP contribution in [-0.4, -0.2) is 26.7 Å². The summed E-state index contributed by atoms with van der Waals surface area (Å²) >= 11 is 0. The largest absolute Gasteiger partial charge is 0.331 e. The van der Waals surface area contributed by atoms with Crippen LogP contribution in [0.2, 0.25) is 0 Å². The molecular weight excluding hydrogens is 484 g/mol. The first-order chi connectivity index (χ1) is 18.3. The fourth-order valence-corrected chi connectivity index (χ4v) is 4.18. The summed E-state index contributed by atoms with van der Waals surface area (Å²) < 4.78 is 2.38. The van der Waals surface area contributed by atoms with Crippen LogP contribution in [0.15, 0.2) is 88.5 Å². The number of aromatic nitrogens is 2. The summed E-state index contributed by atoms with van der Waals surface area (Å²) in [4.78, 5) is 63.1. The van der Waals surface area contributed by atoms with Crippen LogP contribution in [0.25, 0.3) is 10.9 Å². The molecule has 4 aromatic rings. The molecule has 9 nitrogen and oxygen atoms in total. The van der Waals surface area contributed by atoms with Gasteiger partial charge in [-0.25, -0.2) is 4.79 Å². The number of Topliss-reactive ketones (excluding diaryl/α,β-unsaturated/α-hetero) is 1. The van der Waals surface area contributed by atoms with Gasteiger partial charge in [-0.05, 0) is 56.2 Å². The normalized spacial score (nSPS) is 10.8. The second kappa shape index (κ2) is 12.0. The van der Waals surface area contributed by atoms with Gasteiger partial charge >= 0.3 is 5.69 Å². The molecule has 3 aromatic carbocycles. The van der Waals surface area contributed by atoms with E-state index in [1.807, 2.05) is 18.2 Å². The van der Waals surface area contributed by atoms with Gasteiger partial charge in [0.05, 0.1) is 10.9 Å². The number of ketones is 1. The van der Waals surface area contributed by atoms with Crippen molar-refractivity contribution in [1.29, 1.82) is 0 Å². The maximum atomic E-state index is 13.3. The summed E-state index contributed by atoms with van der Waals surface area (Å²) in [7, 11) is 0. The van der Waals surface area contributed by atoms with Crippen LogP contribution >= 0.6 is 0 Å². The molecule has 1 aromatic heterocycles. The van der Waals surface area contributed by atoms with Crippen molar-refractivity contribution in [2.24, 2.45) is 0 Å². The van der Waals surface area contributed by atoms with Crippen molar-refractivity contribution >= 4 is 39.9 Å². The van der Waals surface area contributed by atoms with Crippen molar-refractivity contribution < 1.29 is 14.4 Å². The Kier molecular flexibility index (Phi) is 8.27. The lowest BCUT2D eigenvalue weighted by atomic mass is 10.1. The van der Waals surface area contributed by atoms with Gasteiger partial charge in [0.1, 0.15) is 6.54 Å². The molecule has 1 heterocycles. The summed E-state index contributed by atoms with van der Waals surface area (Å²) in [5.41, 5.74) is 0.907. The number of para-hydroxylation sites is 2. The Morgan fingerprint density at radius 3 is 2.18 bits per heavy atom. The number of carbonyl (C=O) groups is 3. The number of benzene rings is 3. The second-order valence-corrected chi connectivity index (χ2v) is 8.90. The fourth-order valence-electron chi connectivity index (χ4n) is 4.18. The molecule has 0 saturated heterocycles. The van der Waals surface area contributed by atoms with Crippen LogP contribution in [0.1, 0.15) is 36.5 Å². The van der Waals surface area contributed by atoms with E-state index in [0.717, 1.165) is 4.57 Å². The molecule has 0 radical (unpaired) electrons. The lowest BCUT2D eigenvalue weighted by Gasteiger charge is -2.14. The first-order valence-electron chi connectivity index (χ1n) is 12.3. The van der Waals surface area contributed by atoms with Crippen molar-refractivity contribution in [3.8, 4) is 0 Å². The van der Waals surface area contributed by atoms with E-state index in [4.69, 9.17) is 0 Å². The second-order valence-electron chi connectivity index (χ2n) is 8.90. The average molecular weight is 513 g/mol. The van der Waals surface area contributed by atoms with Crippen molar-refractivity contribution in [2.45, 2.75) is 39.3 Å².